The highest BCUT2D eigenvalue weighted by molar-refractivity contribution is 7.97. The summed E-state index contributed by atoms with van der Waals surface area (Å²) in [6.45, 7) is 5.02. The Balaban J connectivity index is 1.12. The lowest BCUT2D eigenvalue weighted by Crippen LogP contribution is -2.38. The Bertz CT molecular complexity index is 1850. The maximum atomic E-state index is 13.6. The minimum atomic E-state index is -3.14. The van der Waals surface area contributed by atoms with Gasteiger partial charge in [0.1, 0.15) is 0 Å². The third kappa shape index (κ3) is 7.57. The van der Waals surface area contributed by atoms with Gasteiger partial charge in [-0.2, -0.15) is 0 Å². The molecule has 0 spiro atoms. The number of ketones is 1. The number of rotatable bonds is 10. The fourth-order valence-corrected chi connectivity index (χ4v) is 8.70. The van der Waals surface area contributed by atoms with Crippen molar-refractivity contribution in [2.75, 3.05) is 49.6 Å². The topological polar surface area (TPSA) is 98.8 Å². The van der Waals surface area contributed by atoms with E-state index < -0.39 is 10.0 Å². The first-order valence-corrected chi connectivity index (χ1v) is 18.8. The standard InChI is InChI=1S/C36H42N4O4S2/c1-25(41)31-10-5-11-32-33(14-15-34(35(31)32)37-19-16-26-17-21-40(22-18-26)46(2,43)44)38-36(42)29-9-6-20-39(24-29)45-30-13-12-27-7-3-4-8-28(27)23-30/h3-5,7-8,10-15,23,26,29,37H,6,9,16-22,24H2,1-2H3,(H,38,42). The summed E-state index contributed by atoms with van der Waals surface area (Å²) in [4.78, 5) is 27.5. The third-order valence-corrected chi connectivity index (χ3v) is 11.7. The molecule has 2 fully saturated rings. The number of fused-ring (bicyclic) bond motifs is 2. The lowest BCUT2D eigenvalue weighted by atomic mass is 9.94. The lowest BCUT2D eigenvalue weighted by molar-refractivity contribution is -0.120. The molecule has 1 unspecified atom stereocenters. The molecule has 4 aromatic rings. The van der Waals surface area contributed by atoms with Crippen molar-refractivity contribution in [2.45, 2.75) is 43.9 Å². The molecule has 6 rings (SSSR count). The second-order valence-corrected chi connectivity index (χ2v) is 15.7. The second kappa shape index (κ2) is 14.1. The Morgan fingerprint density at radius 2 is 1.65 bits per heavy atom. The van der Waals surface area contributed by atoms with Crippen LogP contribution in [0.4, 0.5) is 11.4 Å². The molecule has 2 aliphatic rings. The van der Waals surface area contributed by atoms with Gasteiger partial charge in [0.15, 0.2) is 5.78 Å². The van der Waals surface area contributed by atoms with Crippen molar-refractivity contribution >= 4 is 66.6 Å². The van der Waals surface area contributed by atoms with E-state index in [1.54, 1.807) is 23.2 Å². The smallest absolute Gasteiger partial charge is 0.228 e. The van der Waals surface area contributed by atoms with Crippen molar-refractivity contribution in [3.63, 3.8) is 0 Å². The molecule has 8 nitrogen and oxygen atoms in total. The fraction of sp³-hybridized carbons (Fsp3) is 0.389. The van der Waals surface area contributed by atoms with Crippen molar-refractivity contribution in [1.29, 1.82) is 0 Å². The third-order valence-electron chi connectivity index (χ3n) is 9.30. The average Bonchev–Trinajstić information content (AvgIpc) is 3.05. The lowest BCUT2D eigenvalue weighted by Gasteiger charge is -2.31. The molecule has 0 aliphatic carbocycles. The number of carbonyl (C=O) groups excluding carboxylic acids is 2. The van der Waals surface area contributed by atoms with Crippen molar-refractivity contribution in [1.82, 2.24) is 8.61 Å². The molecule has 0 aromatic heterocycles. The van der Waals surface area contributed by atoms with Crippen LogP contribution in [0, 0.1) is 11.8 Å². The summed E-state index contributed by atoms with van der Waals surface area (Å²) in [5, 5.41) is 10.8. The number of nitrogens with zero attached hydrogens (tertiary/aromatic N) is 2. The van der Waals surface area contributed by atoms with E-state index in [1.807, 2.05) is 36.4 Å². The molecule has 0 saturated carbocycles. The Morgan fingerprint density at radius 3 is 2.41 bits per heavy atom. The molecule has 0 radical (unpaired) electrons. The summed E-state index contributed by atoms with van der Waals surface area (Å²) in [6.07, 6.45) is 5.66. The summed E-state index contributed by atoms with van der Waals surface area (Å²) < 4.78 is 27.6. The van der Waals surface area contributed by atoms with E-state index in [0.29, 0.717) is 43.3 Å². The first-order valence-electron chi connectivity index (χ1n) is 16.1. The molecule has 10 heteroatoms. The van der Waals surface area contributed by atoms with Crippen molar-refractivity contribution in [3.8, 4) is 0 Å². The van der Waals surface area contributed by atoms with Crippen LogP contribution in [0.5, 0.6) is 0 Å². The summed E-state index contributed by atoms with van der Waals surface area (Å²) in [5.41, 5.74) is 2.19. The van der Waals surface area contributed by atoms with Crippen LogP contribution in [0.15, 0.2) is 77.7 Å². The first-order chi connectivity index (χ1) is 22.2. The summed E-state index contributed by atoms with van der Waals surface area (Å²) in [5.74, 6) is 0.273. The number of anilines is 2. The Labute approximate surface area is 276 Å². The van der Waals surface area contributed by atoms with E-state index in [-0.39, 0.29) is 17.6 Å². The van der Waals surface area contributed by atoms with Crippen LogP contribution in [0.25, 0.3) is 21.5 Å². The quantitative estimate of drug-likeness (QED) is 0.140. The first kappa shape index (κ1) is 32.5. The van der Waals surface area contributed by atoms with Gasteiger partial charge in [-0.05, 0) is 91.9 Å². The van der Waals surface area contributed by atoms with Crippen molar-refractivity contribution < 1.29 is 18.0 Å². The summed E-state index contributed by atoms with van der Waals surface area (Å²) in [6, 6.07) is 24.4. The minimum absolute atomic E-state index is 0.000477. The molecule has 46 heavy (non-hydrogen) atoms. The molecular formula is C36H42N4O4S2. The second-order valence-electron chi connectivity index (χ2n) is 12.6. The van der Waals surface area contributed by atoms with Gasteiger partial charge in [-0.1, -0.05) is 48.5 Å². The number of sulfonamides is 1. The SMILES string of the molecule is CC(=O)c1cccc2c(NC(=O)C3CCCN(Sc4ccc5ccccc5c4)C3)ccc(NCCC3CCN(S(C)(=O)=O)CC3)c12. The van der Waals surface area contributed by atoms with Gasteiger partial charge in [0.05, 0.1) is 12.2 Å². The predicted molar refractivity (Wildman–Crippen MR) is 189 cm³/mol. The van der Waals surface area contributed by atoms with Gasteiger partial charge in [-0.25, -0.2) is 17.0 Å². The highest BCUT2D eigenvalue weighted by atomic mass is 32.2. The van der Waals surface area contributed by atoms with Crippen LogP contribution in [-0.4, -0.2) is 67.7 Å². The molecule has 1 amide bonds. The normalized spacial score (nSPS) is 18.5. The minimum Gasteiger partial charge on any atom is -0.385 e. The van der Waals surface area contributed by atoms with E-state index in [4.69, 9.17) is 0 Å². The zero-order valence-electron chi connectivity index (χ0n) is 26.5. The number of hydrogen-bond donors (Lipinski definition) is 2. The summed E-state index contributed by atoms with van der Waals surface area (Å²) in [7, 11) is -3.14. The van der Waals surface area contributed by atoms with Crippen LogP contribution in [0.2, 0.25) is 0 Å². The van der Waals surface area contributed by atoms with Crippen molar-refractivity contribution in [2.24, 2.45) is 11.8 Å². The van der Waals surface area contributed by atoms with Gasteiger partial charge in [-0.15, -0.1) is 0 Å². The molecule has 2 heterocycles. The number of carbonyl (C=O) groups is 2. The maximum absolute atomic E-state index is 13.6. The van der Waals surface area contributed by atoms with Crippen molar-refractivity contribution in [3.05, 3.63) is 78.4 Å². The highest BCUT2D eigenvalue weighted by Crippen LogP contribution is 2.35. The van der Waals surface area contributed by atoms with E-state index in [0.717, 1.165) is 55.1 Å². The van der Waals surface area contributed by atoms with Crippen LogP contribution >= 0.6 is 11.9 Å². The highest BCUT2D eigenvalue weighted by Gasteiger charge is 2.28. The van der Waals surface area contributed by atoms with Crippen LogP contribution < -0.4 is 10.6 Å². The zero-order chi connectivity index (χ0) is 32.3. The molecule has 1 atom stereocenters. The van der Waals surface area contributed by atoms with Gasteiger partial charge in [-0.3, -0.25) is 9.59 Å². The molecule has 0 bridgehead atoms. The van der Waals surface area contributed by atoms with Gasteiger partial charge in [0.2, 0.25) is 15.9 Å². The van der Waals surface area contributed by atoms with Gasteiger partial charge in [0, 0.05) is 65.3 Å². The summed E-state index contributed by atoms with van der Waals surface area (Å²) >= 11 is 1.71. The number of amides is 1. The molecular weight excluding hydrogens is 617 g/mol. The van der Waals surface area contributed by atoms with E-state index in [2.05, 4.69) is 51.3 Å². The van der Waals surface area contributed by atoms with E-state index >= 15 is 0 Å². The molecule has 2 saturated heterocycles. The zero-order valence-corrected chi connectivity index (χ0v) is 28.1. The Hall–Kier alpha value is -3.44. The average molecular weight is 659 g/mol. The van der Waals surface area contributed by atoms with Gasteiger partial charge >= 0.3 is 0 Å². The molecule has 2 N–H and O–H groups in total. The Kier molecular flexibility index (Phi) is 9.98. The number of nitrogens with one attached hydrogen (secondary N) is 2. The molecule has 2 aliphatic heterocycles. The van der Waals surface area contributed by atoms with Crippen LogP contribution in [0.1, 0.15) is 49.4 Å². The van der Waals surface area contributed by atoms with E-state index in [9.17, 15) is 18.0 Å². The van der Waals surface area contributed by atoms with Gasteiger partial charge < -0.3 is 10.6 Å². The fourth-order valence-electron chi connectivity index (χ4n) is 6.74. The number of Topliss-reactive ketones (excluding diaryl/α,β-unsaturated/α-hetero) is 1. The Morgan fingerprint density at radius 1 is 0.891 bits per heavy atom. The molecule has 242 valence electrons. The maximum Gasteiger partial charge on any atom is 0.228 e. The number of piperidine rings is 2. The monoisotopic (exact) mass is 658 g/mol. The van der Waals surface area contributed by atoms with Gasteiger partial charge in [0.25, 0.3) is 0 Å². The predicted octanol–water partition coefficient (Wildman–Crippen LogP) is 7.03. The number of benzene rings is 4. The molecule has 4 aromatic carbocycles. The largest absolute Gasteiger partial charge is 0.385 e. The number of hydrogen-bond acceptors (Lipinski definition) is 7. The van der Waals surface area contributed by atoms with E-state index in [1.165, 1.54) is 21.9 Å². The van der Waals surface area contributed by atoms with Crippen LogP contribution in [0.3, 0.4) is 0 Å². The van der Waals surface area contributed by atoms with Crippen LogP contribution in [-0.2, 0) is 14.8 Å².